The Morgan fingerprint density at radius 3 is 2.26 bits per heavy atom. The Balaban J connectivity index is 2.00. The molecule has 0 aromatic heterocycles. The van der Waals surface area contributed by atoms with E-state index in [0.717, 1.165) is 0 Å². The van der Waals surface area contributed by atoms with Gasteiger partial charge in [0.25, 0.3) is 0 Å². The zero-order chi connectivity index (χ0) is 25.6. The molecule has 3 N–H and O–H groups in total. The van der Waals surface area contributed by atoms with Gasteiger partial charge in [-0.25, -0.2) is 0 Å². The summed E-state index contributed by atoms with van der Waals surface area (Å²) in [7, 11) is 0. The van der Waals surface area contributed by atoms with Gasteiger partial charge in [0.2, 0.25) is 23.6 Å². The quantitative estimate of drug-likeness (QED) is 0.151. The summed E-state index contributed by atoms with van der Waals surface area (Å²) in [5.74, 6) is -1.49. The minimum absolute atomic E-state index is 0.0694. The third kappa shape index (κ3) is 8.32. The SMILES string of the molecule is [N-]=[N+]=NCCCNCC(=O)N1CCC[C@H]1C(=O)N1CCC[C@H]1C(=O)N(CCCN=[N+]=[N-])CC(N)=O. The molecule has 2 saturated heterocycles. The van der Waals surface area contributed by atoms with Crippen LogP contribution in [0.25, 0.3) is 20.9 Å². The normalized spacial score (nSPS) is 19.1. The highest BCUT2D eigenvalue weighted by Crippen LogP contribution is 2.26. The number of amides is 4. The fourth-order valence-corrected chi connectivity index (χ4v) is 4.46. The summed E-state index contributed by atoms with van der Waals surface area (Å²) in [5, 5.41) is 9.88. The van der Waals surface area contributed by atoms with Gasteiger partial charge < -0.3 is 25.8 Å². The molecule has 0 saturated carbocycles. The number of azide groups is 2. The van der Waals surface area contributed by atoms with Gasteiger partial charge in [-0.1, -0.05) is 10.2 Å². The molecule has 0 radical (unpaired) electrons. The minimum atomic E-state index is -0.724. The van der Waals surface area contributed by atoms with Gasteiger partial charge >= 0.3 is 0 Å². The Hall–Kier alpha value is -3.54. The van der Waals surface area contributed by atoms with Gasteiger partial charge in [-0.2, -0.15) is 0 Å². The summed E-state index contributed by atoms with van der Waals surface area (Å²) in [6.07, 6.45) is 3.28. The molecule has 2 heterocycles. The predicted molar refractivity (Wildman–Crippen MR) is 125 cm³/mol. The molecular weight excluding hydrogens is 458 g/mol. The van der Waals surface area contributed by atoms with Crippen LogP contribution in [-0.4, -0.2) is 103 Å². The summed E-state index contributed by atoms with van der Waals surface area (Å²) in [6, 6.07) is -1.35. The lowest BCUT2D eigenvalue weighted by molar-refractivity contribution is -0.149. The highest BCUT2D eigenvalue weighted by molar-refractivity contribution is 5.94. The second-order valence-electron chi connectivity index (χ2n) is 8.45. The number of likely N-dealkylation sites (tertiary alicyclic amines) is 2. The van der Waals surface area contributed by atoms with Crippen LogP contribution >= 0.6 is 0 Å². The maximum Gasteiger partial charge on any atom is 0.246 e. The Labute approximate surface area is 203 Å². The molecule has 2 rings (SSSR count). The van der Waals surface area contributed by atoms with Gasteiger partial charge in [-0.15, -0.1) is 0 Å². The molecule has 0 bridgehead atoms. The van der Waals surface area contributed by atoms with Gasteiger partial charge in [0, 0.05) is 42.5 Å². The molecule has 0 unspecified atom stereocenters. The first-order chi connectivity index (χ1) is 16.9. The molecule has 15 heteroatoms. The van der Waals surface area contributed by atoms with Gasteiger partial charge in [0.1, 0.15) is 12.1 Å². The molecule has 4 amide bonds. The van der Waals surface area contributed by atoms with Gasteiger partial charge in [0.15, 0.2) is 0 Å². The Kier molecular flexibility index (Phi) is 11.6. The average molecular weight is 492 g/mol. The molecule has 2 atom stereocenters. The number of carbonyl (C=O) groups is 4. The number of rotatable bonds is 14. The Morgan fingerprint density at radius 1 is 0.971 bits per heavy atom. The average Bonchev–Trinajstić information content (AvgIpc) is 3.52. The van der Waals surface area contributed by atoms with Crippen LogP contribution in [-0.2, 0) is 19.2 Å². The van der Waals surface area contributed by atoms with Crippen LogP contribution in [0, 0.1) is 0 Å². The zero-order valence-corrected chi connectivity index (χ0v) is 19.8. The van der Waals surface area contributed by atoms with Crippen LogP contribution in [0.4, 0.5) is 0 Å². The molecule has 0 aromatic rings. The van der Waals surface area contributed by atoms with Gasteiger partial charge in [0.05, 0.1) is 13.1 Å². The largest absolute Gasteiger partial charge is 0.368 e. The van der Waals surface area contributed by atoms with E-state index in [1.165, 1.54) is 9.80 Å². The van der Waals surface area contributed by atoms with Crippen LogP contribution in [0.5, 0.6) is 0 Å². The number of nitrogens with zero attached hydrogens (tertiary/aromatic N) is 9. The summed E-state index contributed by atoms with van der Waals surface area (Å²) in [5.41, 5.74) is 22.0. The maximum absolute atomic E-state index is 13.4. The fourth-order valence-electron chi connectivity index (χ4n) is 4.46. The summed E-state index contributed by atoms with van der Waals surface area (Å²) < 4.78 is 0. The van der Waals surface area contributed by atoms with Crippen LogP contribution in [0.3, 0.4) is 0 Å². The van der Waals surface area contributed by atoms with Crippen molar-refractivity contribution >= 4 is 23.6 Å². The lowest BCUT2D eigenvalue weighted by atomic mass is 10.1. The van der Waals surface area contributed by atoms with E-state index in [1.807, 2.05) is 0 Å². The number of hydrogen-bond donors (Lipinski definition) is 2. The first-order valence-corrected chi connectivity index (χ1v) is 11.8. The summed E-state index contributed by atoms with van der Waals surface area (Å²) in [4.78, 5) is 60.6. The molecule has 0 aromatic carbocycles. The zero-order valence-electron chi connectivity index (χ0n) is 19.8. The summed E-state index contributed by atoms with van der Waals surface area (Å²) in [6.45, 7) is 1.85. The Bertz CT molecular complexity index is 869. The molecule has 0 spiro atoms. The van der Waals surface area contributed by atoms with Crippen molar-refractivity contribution in [3.05, 3.63) is 20.9 Å². The van der Waals surface area contributed by atoms with Crippen LogP contribution in [0.2, 0.25) is 0 Å². The number of nitrogens with one attached hydrogen (secondary N) is 1. The van der Waals surface area contributed by atoms with Crippen molar-refractivity contribution < 1.29 is 19.2 Å². The second-order valence-corrected chi connectivity index (χ2v) is 8.45. The molecule has 0 aliphatic carbocycles. The molecule has 2 fully saturated rings. The third-order valence-corrected chi connectivity index (χ3v) is 6.04. The monoisotopic (exact) mass is 491 g/mol. The molecule has 2 aliphatic heterocycles. The van der Waals surface area contributed by atoms with E-state index in [4.69, 9.17) is 16.8 Å². The lowest BCUT2D eigenvalue weighted by Crippen LogP contribution is -2.55. The van der Waals surface area contributed by atoms with E-state index in [0.29, 0.717) is 64.7 Å². The van der Waals surface area contributed by atoms with E-state index >= 15 is 0 Å². The number of carbonyl (C=O) groups excluding carboxylic acids is 4. The van der Waals surface area contributed by atoms with Crippen molar-refractivity contribution in [1.82, 2.24) is 20.0 Å². The van der Waals surface area contributed by atoms with Crippen molar-refractivity contribution in [2.75, 3.05) is 52.4 Å². The lowest BCUT2D eigenvalue weighted by Gasteiger charge is -2.33. The molecule has 2 aliphatic rings. The van der Waals surface area contributed by atoms with Crippen molar-refractivity contribution in [2.24, 2.45) is 16.0 Å². The van der Waals surface area contributed by atoms with Crippen molar-refractivity contribution in [1.29, 1.82) is 0 Å². The standard InChI is InChI=1S/C20H33N11O4/c21-17(32)14-29(10-4-9-26-28-23)19(34)15-5-2-12-31(15)20(35)16-6-1-11-30(16)18(33)13-24-7-3-8-25-27-22/h15-16,24H,1-14H2,(H2,21,32)/t15-,16-/m0/s1. The van der Waals surface area contributed by atoms with Crippen LogP contribution < -0.4 is 11.1 Å². The summed E-state index contributed by atoms with van der Waals surface area (Å²) >= 11 is 0. The van der Waals surface area contributed by atoms with E-state index in [9.17, 15) is 19.2 Å². The number of primary amides is 1. The van der Waals surface area contributed by atoms with Crippen molar-refractivity contribution in [3.63, 3.8) is 0 Å². The van der Waals surface area contributed by atoms with E-state index in [2.05, 4.69) is 25.4 Å². The van der Waals surface area contributed by atoms with Crippen molar-refractivity contribution in [3.8, 4) is 0 Å². The van der Waals surface area contributed by atoms with Crippen LogP contribution in [0.15, 0.2) is 10.2 Å². The van der Waals surface area contributed by atoms with Crippen LogP contribution in [0.1, 0.15) is 38.5 Å². The van der Waals surface area contributed by atoms with E-state index in [1.54, 1.807) is 4.90 Å². The third-order valence-electron chi connectivity index (χ3n) is 6.04. The highest BCUT2D eigenvalue weighted by Gasteiger charge is 2.43. The predicted octanol–water partition coefficient (Wildman–Crippen LogP) is 0.273. The molecular formula is C20H33N11O4. The molecule has 192 valence electrons. The second kappa shape index (κ2) is 14.7. The Morgan fingerprint density at radius 2 is 1.60 bits per heavy atom. The topological polar surface area (TPSA) is 214 Å². The van der Waals surface area contributed by atoms with Crippen molar-refractivity contribution in [2.45, 2.75) is 50.6 Å². The highest BCUT2D eigenvalue weighted by atomic mass is 16.2. The maximum atomic E-state index is 13.4. The van der Waals surface area contributed by atoms with Gasteiger partial charge in [-0.05, 0) is 56.1 Å². The van der Waals surface area contributed by atoms with Gasteiger partial charge in [-0.3, -0.25) is 19.2 Å². The van der Waals surface area contributed by atoms with E-state index in [-0.39, 0.29) is 43.9 Å². The molecule has 15 nitrogen and oxygen atoms in total. The first-order valence-electron chi connectivity index (χ1n) is 11.8. The first kappa shape index (κ1) is 27.7. The minimum Gasteiger partial charge on any atom is -0.368 e. The van der Waals surface area contributed by atoms with E-state index < -0.39 is 18.0 Å². The fraction of sp³-hybridized carbons (Fsp3) is 0.800. The number of nitrogens with two attached hydrogens (primary N) is 1. The smallest absolute Gasteiger partial charge is 0.246 e. The molecule has 35 heavy (non-hydrogen) atoms. The number of hydrogen-bond acceptors (Lipinski definition) is 7.